The Bertz CT molecular complexity index is 964. The highest BCUT2D eigenvalue weighted by molar-refractivity contribution is 5.57. The normalized spacial score (nSPS) is 15.5. The van der Waals surface area contributed by atoms with Gasteiger partial charge < -0.3 is 4.90 Å². The molecule has 1 aromatic carbocycles. The Hall–Kier alpha value is -2.96. The van der Waals surface area contributed by atoms with E-state index in [1.165, 1.54) is 17.8 Å². The molecule has 150 valence electrons. The maximum atomic E-state index is 12.7. The lowest BCUT2D eigenvalue weighted by Crippen LogP contribution is -2.33. The molecule has 3 heterocycles. The van der Waals surface area contributed by atoms with Gasteiger partial charge in [-0.15, -0.1) is 0 Å². The first-order valence-electron chi connectivity index (χ1n) is 9.59. The average molecular weight is 398 g/mol. The second-order valence-electron chi connectivity index (χ2n) is 7.29. The molecule has 0 aliphatic carbocycles. The average Bonchev–Trinajstić information content (AvgIpc) is 2.73. The number of nitrogens with zero attached hydrogens (tertiary/aromatic N) is 4. The van der Waals surface area contributed by atoms with Crippen molar-refractivity contribution in [1.29, 1.82) is 0 Å². The highest BCUT2D eigenvalue weighted by atomic mass is 19.4. The van der Waals surface area contributed by atoms with E-state index in [2.05, 4.69) is 44.1 Å². The summed E-state index contributed by atoms with van der Waals surface area (Å²) in [5.41, 5.74) is 1.69. The van der Waals surface area contributed by atoms with E-state index in [1.807, 2.05) is 19.1 Å². The molecule has 1 aliphatic rings. The zero-order chi connectivity index (χ0) is 20.4. The number of halogens is 3. The summed E-state index contributed by atoms with van der Waals surface area (Å²) in [5, 5.41) is 0. The number of aromatic nitrogens is 3. The van der Waals surface area contributed by atoms with Crippen LogP contribution in [0.1, 0.15) is 35.7 Å². The van der Waals surface area contributed by atoms with Crippen LogP contribution in [-0.2, 0) is 6.18 Å². The van der Waals surface area contributed by atoms with Gasteiger partial charge in [0.1, 0.15) is 11.5 Å². The SMILES string of the molecule is Cc1cc(N2CCC(c3ccccc3)CC2)nc(-c2ccc(C(F)(F)F)nc2)n1. The van der Waals surface area contributed by atoms with Crippen molar-refractivity contribution in [3.63, 3.8) is 0 Å². The molecule has 0 bridgehead atoms. The lowest BCUT2D eigenvalue weighted by molar-refractivity contribution is -0.141. The highest BCUT2D eigenvalue weighted by Gasteiger charge is 2.32. The van der Waals surface area contributed by atoms with Gasteiger partial charge in [-0.3, -0.25) is 4.98 Å². The second kappa shape index (κ2) is 7.81. The van der Waals surface area contributed by atoms with Crippen LogP contribution in [0.5, 0.6) is 0 Å². The number of aryl methyl sites for hydroxylation is 1. The molecule has 1 aliphatic heterocycles. The van der Waals surface area contributed by atoms with Gasteiger partial charge in [0.15, 0.2) is 5.82 Å². The van der Waals surface area contributed by atoms with Crippen LogP contribution < -0.4 is 4.90 Å². The first kappa shape index (κ1) is 19.4. The van der Waals surface area contributed by atoms with Gasteiger partial charge in [0.25, 0.3) is 0 Å². The molecule has 4 rings (SSSR count). The van der Waals surface area contributed by atoms with E-state index in [1.54, 1.807) is 0 Å². The number of rotatable bonds is 3. The molecule has 29 heavy (non-hydrogen) atoms. The van der Waals surface area contributed by atoms with Gasteiger partial charge in [-0.25, -0.2) is 9.97 Å². The maximum absolute atomic E-state index is 12.7. The van der Waals surface area contributed by atoms with Crippen molar-refractivity contribution in [2.24, 2.45) is 0 Å². The number of alkyl halides is 3. The van der Waals surface area contributed by atoms with E-state index in [-0.39, 0.29) is 0 Å². The van der Waals surface area contributed by atoms with Crippen molar-refractivity contribution < 1.29 is 13.2 Å². The highest BCUT2D eigenvalue weighted by Crippen LogP contribution is 2.31. The van der Waals surface area contributed by atoms with Crippen LogP contribution in [0.3, 0.4) is 0 Å². The number of benzene rings is 1. The lowest BCUT2D eigenvalue weighted by Gasteiger charge is -2.33. The molecule has 0 unspecified atom stereocenters. The molecule has 4 nitrogen and oxygen atoms in total. The number of anilines is 1. The number of pyridine rings is 1. The minimum Gasteiger partial charge on any atom is -0.356 e. The van der Waals surface area contributed by atoms with Crippen LogP contribution in [0.15, 0.2) is 54.7 Å². The van der Waals surface area contributed by atoms with E-state index >= 15 is 0 Å². The molecule has 0 atom stereocenters. The second-order valence-corrected chi connectivity index (χ2v) is 7.29. The molecule has 1 fully saturated rings. The van der Waals surface area contributed by atoms with Crippen molar-refractivity contribution in [2.75, 3.05) is 18.0 Å². The molecule has 0 radical (unpaired) electrons. The van der Waals surface area contributed by atoms with E-state index in [0.29, 0.717) is 17.3 Å². The summed E-state index contributed by atoms with van der Waals surface area (Å²) in [7, 11) is 0. The van der Waals surface area contributed by atoms with Crippen LogP contribution in [0.4, 0.5) is 19.0 Å². The Balaban J connectivity index is 1.52. The minimum absolute atomic E-state index is 0.395. The summed E-state index contributed by atoms with van der Waals surface area (Å²) < 4.78 is 38.2. The van der Waals surface area contributed by atoms with E-state index in [0.717, 1.165) is 43.5 Å². The Morgan fingerprint density at radius 1 is 0.966 bits per heavy atom. The summed E-state index contributed by atoms with van der Waals surface area (Å²) in [6, 6.07) is 14.8. The lowest BCUT2D eigenvalue weighted by atomic mass is 9.89. The Morgan fingerprint density at radius 3 is 2.31 bits per heavy atom. The van der Waals surface area contributed by atoms with Gasteiger partial charge in [-0.1, -0.05) is 30.3 Å². The summed E-state index contributed by atoms with van der Waals surface area (Å²) in [5.74, 6) is 1.74. The Labute approximate surface area is 167 Å². The van der Waals surface area contributed by atoms with Crippen molar-refractivity contribution in [2.45, 2.75) is 31.9 Å². The fourth-order valence-electron chi connectivity index (χ4n) is 3.70. The summed E-state index contributed by atoms with van der Waals surface area (Å²) in [6.45, 7) is 3.62. The molecule has 0 amide bonds. The largest absolute Gasteiger partial charge is 0.433 e. The number of hydrogen-bond acceptors (Lipinski definition) is 4. The van der Waals surface area contributed by atoms with Gasteiger partial charge in [0.2, 0.25) is 0 Å². The standard InChI is InChI=1S/C22H21F3N4/c1-15-13-20(29-11-9-17(10-12-29)16-5-3-2-4-6-16)28-21(27-15)18-7-8-19(26-14-18)22(23,24)25/h2-8,13-14,17H,9-12H2,1H3. The van der Waals surface area contributed by atoms with Gasteiger partial charge in [0.05, 0.1) is 0 Å². The molecule has 3 aromatic rings. The van der Waals surface area contributed by atoms with E-state index in [4.69, 9.17) is 0 Å². The Kier molecular flexibility index (Phi) is 5.22. The van der Waals surface area contributed by atoms with Crippen LogP contribution in [0.25, 0.3) is 11.4 Å². The summed E-state index contributed by atoms with van der Waals surface area (Å²) >= 11 is 0. The fourth-order valence-corrected chi connectivity index (χ4v) is 3.70. The van der Waals surface area contributed by atoms with Crippen LogP contribution in [-0.4, -0.2) is 28.0 Å². The Morgan fingerprint density at radius 2 is 1.69 bits per heavy atom. The maximum Gasteiger partial charge on any atom is 0.433 e. The minimum atomic E-state index is -4.46. The quantitative estimate of drug-likeness (QED) is 0.604. The monoisotopic (exact) mass is 398 g/mol. The van der Waals surface area contributed by atoms with Gasteiger partial charge >= 0.3 is 6.18 Å². The summed E-state index contributed by atoms with van der Waals surface area (Å²) in [4.78, 5) is 14.7. The van der Waals surface area contributed by atoms with Crippen molar-refractivity contribution >= 4 is 5.82 Å². The fraction of sp³-hybridized carbons (Fsp3) is 0.318. The zero-order valence-corrected chi connectivity index (χ0v) is 16.0. The summed E-state index contributed by atoms with van der Waals surface area (Å²) in [6.07, 6.45) is -1.21. The molecule has 0 spiro atoms. The van der Waals surface area contributed by atoms with Crippen LogP contribution >= 0.6 is 0 Å². The molecule has 1 saturated heterocycles. The van der Waals surface area contributed by atoms with Gasteiger partial charge in [-0.05, 0) is 43.4 Å². The molecular formula is C22H21F3N4. The third-order valence-electron chi connectivity index (χ3n) is 5.24. The third-order valence-corrected chi connectivity index (χ3v) is 5.24. The van der Waals surface area contributed by atoms with Crippen molar-refractivity contribution in [1.82, 2.24) is 15.0 Å². The van der Waals surface area contributed by atoms with E-state index in [9.17, 15) is 13.2 Å². The molecule has 2 aromatic heterocycles. The number of hydrogen-bond donors (Lipinski definition) is 0. The molecular weight excluding hydrogens is 377 g/mol. The molecule has 7 heteroatoms. The first-order valence-corrected chi connectivity index (χ1v) is 9.59. The predicted octanol–water partition coefficient (Wildman–Crippen LogP) is 5.25. The zero-order valence-electron chi connectivity index (χ0n) is 16.0. The topological polar surface area (TPSA) is 41.9 Å². The van der Waals surface area contributed by atoms with Crippen LogP contribution in [0, 0.1) is 6.92 Å². The molecule has 0 saturated carbocycles. The van der Waals surface area contributed by atoms with Crippen molar-refractivity contribution in [3.05, 3.63) is 71.7 Å². The van der Waals surface area contributed by atoms with Gasteiger partial charge in [-0.2, -0.15) is 13.2 Å². The number of piperidine rings is 1. The van der Waals surface area contributed by atoms with Gasteiger partial charge in [0, 0.05) is 36.6 Å². The van der Waals surface area contributed by atoms with Crippen molar-refractivity contribution in [3.8, 4) is 11.4 Å². The smallest absolute Gasteiger partial charge is 0.356 e. The molecule has 0 N–H and O–H groups in total. The predicted molar refractivity (Wildman–Crippen MR) is 106 cm³/mol. The van der Waals surface area contributed by atoms with E-state index < -0.39 is 11.9 Å². The van der Waals surface area contributed by atoms with Crippen LogP contribution in [0.2, 0.25) is 0 Å². The third kappa shape index (κ3) is 4.39. The first-order chi connectivity index (χ1) is 13.9.